The molecule has 0 saturated heterocycles. The molecule has 1 aromatic rings. The molecule has 3 amide bonds. The van der Waals surface area contributed by atoms with Crippen LogP contribution in [0.2, 0.25) is 0 Å². The van der Waals surface area contributed by atoms with E-state index in [4.69, 9.17) is 4.74 Å². The molecule has 0 spiro atoms. The van der Waals surface area contributed by atoms with Crippen LogP contribution in [0, 0.1) is 5.92 Å². The first-order chi connectivity index (χ1) is 17.0. The van der Waals surface area contributed by atoms with Crippen molar-refractivity contribution in [1.29, 1.82) is 0 Å². The molecule has 198 valence electrons. The lowest BCUT2D eigenvalue weighted by molar-refractivity contribution is -0.144. The quantitative estimate of drug-likeness (QED) is 0.481. The first kappa shape index (κ1) is 27.8. The molecule has 2 N–H and O–H groups in total. The van der Waals surface area contributed by atoms with Crippen LogP contribution in [0.4, 0.5) is 4.79 Å². The Kier molecular flexibility index (Phi) is 9.20. The minimum Gasteiger partial charge on any atom is -0.444 e. The highest BCUT2D eigenvalue weighted by molar-refractivity contribution is 5.93. The summed E-state index contributed by atoms with van der Waals surface area (Å²) in [4.78, 5) is 42.3. The lowest BCUT2D eigenvalue weighted by atomic mass is 9.94. The van der Waals surface area contributed by atoms with Gasteiger partial charge in [-0.3, -0.25) is 9.59 Å². The van der Waals surface area contributed by atoms with Crippen LogP contribution in [-0.4, -0.2) is 46.5 Å². The molecule has 2 unspecified atom stereocenters. The predicted molar refractivity (Wildman–Crippen MR) is 142 cm³/mol. The van der Waals surface area contributed by atoms with Gasteiger partial charge < -0.3 is 20.3 Å². The first-order valence-electron chi connectivity index (χ1n) is 13.3. The number of carbonyl (C=O) groups is 3. The summed E-state index contributed by atoms with van der Waals surface area (Å²) in [5.41, 5.74) is 0.956. The molecule has 0 aromatic heterocycles. The second-order valence-corrected chi connectivity index (χ2v) is 11.5. The van der Waals surface area contributed by atoms with Gasteiger partial charge >= 0.3 is 6.09 Å². The Hall–Kier alpha value is -2.83. The van der Waals surface area contributed by atoms with Gasteiger partial charge in [-0.15, -0.1) is 0 Å². The van der Waals surface area contributed by atoms with E-state index in [0.717, 1.165) is 49.7 Å². The van der Waals surface area contributed by atoms with Gasteiger partial charge in [-0.25, -0.2) is 4.79 Å². The highest BCUT2D eigenvalue weighted by atomic mass is 16.6. The van der Waals surface area contributed by atoms with Crippen LogP contribution in [-0.2, 0) is 14.3 Å². The van der Waals surface area contributed by atoms with Crippen LogP contribution in [0.3, 0.4) is 0 Å². The van der Waals surface area contributed by atoms with Crippen molar-refractivity contribution in [1.82, 2.24) is 15.5 Å². The van der Waals surface area contributed by atoms with Crippen molar-refractivity contribution in [2.45, 2.75) is 109 Å². The monoisotopic (exact) mass is 497 g/mol. The third kappa shape index (κ3) is 7.58. The maximum atomic E-state index is 14.1. The Morgan fingerprint density at radius 1 is 1.08 bits per heavy atom. The van der Waals surface area contributed by atoms with E-state index in [1.54, 1.807) is 31.7 Å². The van der Waals surface area contributed by atoms with Crippen molar-refractivity contribution < 1.29 is 19.1 Å². The minimum atomic E-state index is -0.812. The number of rotatable bonds is 9. The molecule has 0 heterocycles. The van der Waals surface area contributed by atoms with Crippen molar-refractivity contribution in [2.24, 2.45) is 5.92 Å². The summed E-state index contributed by atoms with van der Waals surface area (Å²) in [5.74, 6) is -0.609. The van der Waals surface area contributed by atoms with Crippen molar-refractivity contribution in [3.63, 3.8) is 0 Å². The molecule has 0 radical (unpaired) electrons. The maximum Gasteiger partial charge on any atom is 0.408 e. The van der Waals surface area contributed by atoms with Crippen LogP contribution >= 0.6 is 0 Å². The van der Waals surface area contributed by atoms with Gasteiger partial charge in [-0.2, -0.15) is 0 Å². The topological polar surface area (TPSA) is 87.7 Å². The number of amides is 3. The maximum absolute atomic E-state index is 14.1. The summed E-state index contributed by atoms with van der Waals surface area (Å²) in [7, 11) is 0. The van der Waals surface area contributed by atoms with Crippen LogP contribution in [0.25, 0.3) is 6.08 Å². The van der Waals surface area contributed by atoms with Crippen LogP contribution in [0.15, 0.2) is 30.8 Å². The molecule has 36 heavy (non-hydrogen) atoms. The fourth-order valence-corrected chi connectivity index (χ4v) is 4.80. The molecule has 2 saturated carbocycles. The van der Waals surface area contributed by atoms with Gasteiger partial charge in [-0.05, 0) is 69.6 Å². The number of hydrogen-bond acceptors (Lipinski definition) is 4. The van der Waals surface area contributed by atoms with Crippen molar-refractivity contribution in [2.75, 3.05) is 0 Å². The molecule has 2 atom stereocenters. The predicted octanol–water partition coefficient (Wildman–Crippen LogP) is 5.36. The molecule has 0 bridgehead atoms. The number of nitrogens with one attached hydrogen (secondary N) is 2. The lowest BCUT2D eigenvalue weighted by Gasteiger charge is -2.37. The zero-order valence-corrected chi connectivity index (χ0v) is 22.5. The van der Waals surface area contributed by atoms with Gasteiger partial charge in [0.25, 0.3) is 0 Å². The Balaban J connectivity index is 1.94. The van der Waals surface area contributed by atoms with E-state index in [1.807, 2.05) is 38.1 Å². The number of nitrogens with zero attached hydrogens (tertiary/aromatic N) is 1. The SMILES string of the molecule is C=Cc1cccc(C(C(=O)NC2CCCCC2)N(C(=O)C(NC(=O)OC(C)(C)C)C(C)C)C2CC2)c1. The van der Waals surface area contributed by atoms with Crippen molar-refractivity contribution in [3.8, 4) is 0 Å². The van der Waals surface area contributed by atoms with Crippen molar-refractivity contribution >= 4 is 24.0 Å². The standard InChI is InChI=1S/C29H43N3O4/c1-7-20-12-11-13-21(18-20)25(26(33)30-22-14-9-8-10-15-22)32(23-16-17-23)27(34)24(19(2)3)31-28(35)36-29(4,5)6/h7,11-13,18-19,22-25H,1,8-10,14-17H2,2-6H3,(H,30,33)(H,31,35). The smallest absolute Gasteiger partial charge is 0.408 e. The van der Waals surface area contributed by atoms with E-state index in [2.05, 4.69) is 17.2 Å². The number of carbonyl (C=O) groups excluding carboxylic acids is 3. The van der Waals surface area contributed by atoms with Crippen LogP contribution < -0.4 is 10.6 Å². The summed E-state index contributed by atoms with van der Waals surface area (Å²) >= 11 is 0. The van der Waals surface area contributed by atoms with Crippen molar-refractivity contribution in [3.05, 3.63) is 42.0 Å². The number of alkyl carbamates (subject to hydrolysis) is 1. The number of benzene rings is 1. The van der Waals surface area contributed by atoms with E-state index >= 15 is 0 Å². The summed E-state index contributed by atoms with van der Waals surface area (Å²) in [5, 5.41) is 6.03. The second-order valence-electron chi connectivity index (χ2n) is 11.5. The average molecular weight is 498 g/mol. The number of hydrogen-bond donors (Lipinski definition) is 2. The molecule has 1 aromatic carbocycles. The summed E-state index contributed by atoms with van der Waals surface area (Å²) < 4.78 is 5.44. The Morgan fingerprint density at radius 2 is 1.75 bits per heavy atom. The molecule has 2 aliphatic carbocycles. The van der Waals surface area contributed by atoms with Crippen LogP contribution in [0.1, 0.15) is 96.7 Å². The van der Waals surface area contributed by atoms with Gasteiger partial charge in [0.05, 0.1) is 0 Å². The van der Waals surface area contributed by atoms with Gasteiger partial charge in [0.15, 0.2) is 0 Å². The summed E-state index contributed by atoms with van der Waals surface area (Å²) in [6.45, 7) is 13.0. The normalized spacial score (nSPS) is 18.2. The molecular formula is C29H43N3O4. The van der Waals surface area contributed by atoms with Gasteiger partial charge in [-0.1, -0.05) is 64.0 Å². The zero-order valence-electron chi connectivity index (χ0n) is 22.5. The highest BCUT2D eigenvalue weighted by Gasteiger charge is 2.45. The molecule has 3 rings (SSSR count). The molecule has 7 nitrogen and oxygen atoms in total. The van der Waals surface area contributed by atoms with E-state index in [0.29, 0.717) is 0 Å². The highest BCUT2D eigenvalue weighted by Crippen LogP contribution is 2.36. The molecule has 0 aliphatic heterocycles. The third-order valence-corrected chi connectivity index (χ3v) is 6.74. The Labute approximate surface area is 216 Å². The Morgan fingerprint density at radius 3 is 2.31 bits per heavy atom. The lowest BCUT2D eigenvalue weighted by Crippen LogP contribution is -2.56. The second kappa shape index (κ2) is 11.9. The minimum absolute atomic E-state index is 0.0475. The fraction of sp³-hybridized carbons (Fsp3) is 0.621. The molecule has 2 aliphatic rings. The fourth-order valence-electron chi connectivity index (χ4n) is 4.80. The van der Waals surface area contributed by atoms with E-state index in [9.17, 15) is 14.4 Å². The van der Waals surface area contributed by atoms with E-state index in [-0.39, 0.29) is 29.8 Å². The largest absolute Gasteiger partial charge is 0.444 e. The third-order valence-electron chi connectivity index (χ3n) is 6.74. The van der Waals surface area contributed by atoms with Gasteiger partial charge in [0, 0.05) is 12.1 Å². The molecule has 2 fully saturated rings. The number of ether oxygens (including phenoxy) is 1. The van der Waals surface area contributed by atoms with E-state index < -0.39 is 23.8 Å². The van der Waals surface area contributed by atoms with Gasteiger partial charge in [0.1, 0.15) is 17.7 Å². The average Bonchev–Trinajstić information content (AvgIpc) is 3.65. The van der Waals surface area contributed by atoms with Crippen LogP contribution in [0.5, 0.6) is 0 Å². The Bertz CT molecular complexity index is 942. The van der Waals surface area contributed by atoms with Gasteiger partial charge in [0.2, 0.25) is 11.8 Å². The first-order valence-corrected chi connectivity index (χ1v) is 13.3. The van der Waals surface area contributed by atoms with E-state index in [1.165, 1.54) is 6.42 Å². The summed E-state index contributed by atoms with van der Waals surface area (Å²) in [6, 6.07) is 6.11. The summed E-state index contributed by atoms with van der Waals surface area (Å²) in [6.07, 6.45) is 8.07. The zero-order chi connectivity index (χ0) is 26.5. The molecule has 7 heteroatoms. The molecular weight excluding hydrogens is 454 g/mol.